The van der Waals surface area contributed by atoms with E-state index in [-0.39, 0.29) is 0 Å². The van der Waals surface area contributed by atoms with E-state index in [9.17, 15) is 0 Å². The summed E-state index contributed by atoms with van der Waals surface area (Å²) in [4.78, 5) is 10.2. The fourth-order valence-electron chi connectivity index (χ4n) is 1.05. The number of nitrogens with zero attached hydrogens (tertiary/aromatic N) is 3. The van der Waals surface area contributed by atoms with Crippen LogP contribution in [0.4, 0.5) is 5.82 Å². The quantitative estimate of drug-likeness (QED) is 0.714. The van der Waals surface area contributed by atoms with E-state index in [4.69, 9.17) is 16.3 Å². The van der Waals surface area contributed by atoms with Crippen molar-refractivity contribution in [3.05, 3.63) is 17.0 Å². The minimum Gasteiger partial charge on any atom is -0.383 e. The molecule has 14 heavy (non-hydrogen) atoms. The van der Waals surface area contributed by atoms with Gasteiger partial charge in [-0.15, -0.1) is 0 Å². The van der Waals surface area contributed by atoms with Crippen LogP contribution in [0.1, 0.15) is 5.82 Å². The summed E-state index contributed by atoms with van der Waals surface area (Å²) < 4.78 is 4.98. The van der Waals surface area contributed by atoms with Gasteiger partial charge in [-0.3, -0.25) is 0 Å². The maximum absolute atomic E-state index is 5.82. The molecule has 0 bridgehead atoms. The van der Waals surface area contributed by atoms with Gasteiger partial charge in [0.1, 0.15) is 16.8 Å². The van der Waals surface area contributed by atoms with Crippen LogP contribution >= 0.6 is 11.6 Å². The molecule has 5 heteroatoms. The van der Waals surface area contributed by atoms with Gasteiger partial charge < -0.3 is 9.64 Å². The molecule has 0 aliphatic carbocycles. The summed E-state index contributed by atoms with van der Waals surface area (Å²) in [5, 5.41) is 0.469. The highest BCUT2D eigenvalue weighted by atomic mass is 35.5. The Morgan fingerprint density at radius 1 is 1.50 bits per heavy atom. The number of anilines is 1. The molecule has 4 nitrogen and oxygen atoms in total. The van der Waals surface area contributed by atoms with E-state index in [1.807, 2.05) is 18.9 Å². The van der Waals surface area contributed by atoms with Crippen LogP contribution in [0, 0.1) is 6.92 Å². The lowest BCUT2D eigenvalue weighted by atomic mass is 10.5. The molecule has 0 aromatic carbocycles. The van der Waals surface area contributed by atoms with Crippen LogP contribution < -0.4 is 4.90 Å². The van der Waals surface area contributed by atoms with Crippen molar-refractivity contribution in [3.63, 3.8) is 0 Å². The van der Waals surface area contributed by atoms with Crippen LogP contribution in [-0.4, -0.2) is 37.3 Å². The molecular weight excluding hydrogens is 202 g/mol. The zero-order valence-electron chi connectivity index (χ0n) is 8.62. The lowest BCUT2D eigenvalue weighted by Gasteiger charge is -2.17. The molecule has 0 aliphatic heterocycles. The first kappa shape index (κ1) is 11.2. The molecule has 1 rings (SSSR count). The molecule has 78 valence electrons. The Morgan fingerprint density at radius 2 is 2.21 bits per heavy atom. The highest BCUT2D eigenvalue weighted by Gasteiger charge is 2.04. The standard InChI is InChI=1S/C9H14ClN3O/c1-7-11-8(10)6-9(12-7)13(2)4-5-14-3/h6H,4-5H2,1-3H3. The van der Waals surface area contributed by atoms with Crippen molar-refractivity contribution < 1.29 is 4.74 Å². The third-order valence-electron chi connectivity index (χ3n) is 1.82. The summed E-state index contributed by atoms with van der Waals surface area (Å²) in [6.45, 7) is 3.26. The van der Waals surface area contributed by atoms with Gasteiger partial charge in [-0.1, -0.05) is 11.6 Å². The molecule has 1 aromatic rings. The van der Waals surface area contributed by atoms with E-state index >= 15 is 0 Å². The fraction of sp³-hybridized carbons (Fsp3) is 0.556. The van der Waals surface area contributed by atoms with E-state index in [2.05, 4.69) is 9.97 Å². The van der Waals surface area contributed by atoms with Crippen LogP contribution in [0.2, 0.25) is 5.15 Å². The van der Waals surface area contributed by atoms with E-state index < -0.39 is 0 Å². The normalized spacial score (nSPS) is 10.3. The predicted octanol–water partition coefficient (Wildman–Crippen LogP) is 1.52. The Kier molecular flexibility index (Phi) is 4.10. The molecular formula is C9H14ClN3O. The number of aromatic nitrogens is 2. The molecule has 1 heterocycles. The van der Waals surface area contributed by atoms with E-state index in [1.165, 1.54) is 0 Å². The van der Waals surface area contributed by atoms with E-state index in [1.54, 1.807) is 13.2 Å². The van der Waals surface area contributed by atoms with Crippen LogP contribution in [0.15, 0.2) is 6.07 Å². The Bertz CT molecular complexity index is 286. The second-order valence-electron chi connectivity index (χ2n) is 3.01. The average molecular weight is 216 g/mol. The first-order valence-corrected chi connectivity index (χ1v) is 4.72. The average Bonchev–Trinajstić information content (AvgIpc) is 2.12. The Labute approximate surface area is 88.9 Å². The molecule has 0 atom stereocenters. The summed E-state index contributed by atoms with van der Waals surface area (Å²) >= 11 is 5.82. The van der Waals surface area contributed by atoms with E-state index in [0.717, 1.165) is 12.4 Å². The maximum Gasteiger partial charge on any atom is 0.134 e. The molecule has 0 N–H and O–H groups in total. The summed E-state index contributed by atoms with van der Waals surface area (Å²) in [6.07, 6.45) is 0. The highest BCUT2D eigenvalue weighted by Crippen LogP contribution is 2.14. The number of methoxy groups -OCH3 is 1. The third kappa shape index (κ3) is 3.12. The molecule has 0 amide bonds. The molecule has 0 saturated heterocycles. The van der Waals surface area contributed by atoms with Crippen molar-refractivity contribution in [2.24, 2.45) is 0 Å². The molecule has 0 unspecified atom stereocenters. The first-order chi connectivity index (χ1) is 6.63. The largest absolute Gasteiger partial charge is 0.383 e. The first-order valence-electron chi connectivity index (χ1n) is 4.34. The second kappa shape index (κ2) is 5.12. The maximum atomic E-state index is 5.82. The van der Waals surface area contributed by atoms with Crippen molar-refractivity contribution >= 4 is 17.4 Å². The van der Waals surface area contributed by atoms with E-state index in [0.29, 0.717) is 17.6 Å². The van der Waals surface area contributed by atoms with Crippen molar-refractivity contribution in [3.8, 4) is 0 Å². The third-order valence-corrected chi connectivity index (χ3v) is 2.01. The lowest BCUT2D eigenvalue weighted by molar-refractivity contribution is 0.206. The van der Waals surface area contributed by atoms with Gasteiger partial charge in [-0.2, -0.15) is 0 Å². The number of hydrogen-bond acceptors (Lipinski definition) is 4. The molecule has 0 saturated carbocycles. The molecule has 1 aromatic heterocycles. The molecule has 0 spiro atoms. The van der Waals surface area contributed by atoms with Crippen molar-refractivity contribution in [1.82, 2.24) is 9.97 Å². The van der Waals surface area contributed by atoms with Gasteiger partial charge in [-0.25, -0.2) is 9.97 Å². The molecule has 0 fully saturated rings. The summed E-state index contributed by atoms with van der Waals surface area (Å²) in [5.74, 6) is 1.50. The summed E-state index contributed by atoms with van der Waals surface area (Å²) in [6, 6.07) is 1.74. The van der Waals surface area contributed by atoms with Gasteiger partial charge in [0.2, 0.25) is 0 Å². The highest BCUT2D eigenvalue weighted by molar-refractivity contribution is 6.29. The zero-order chi connectivity index (χ0) is 10.6. The minimum atomic E-state index is 0.469. The Balaban J connectivity index is 2.73. The van der Waals surface area contributed by atoms with Gasteiger partial charge in [-0.05, 0) is 6.92 Å². The smallest absolute Gasteiger partial charge is 0.134 e. The zero-order valence-corrected chi connectivity index (χ0v) is 9.38. The topological polar surface area (TPSA) is 38.2 Å². The second-order valence-corrected chi connectivity index (χ2v) is 3.40. The number of halogens is 1. The van der Waals surface area contributed by atoms with Crippen LogP contribution in [-0.2, 0) is 4.74 Å². The van der Waals surface area contributed by atoms with Crippen molar-refractivity contribution in [1.29, 1.82) is 0 Å². The van der Waals surface area contributed by atoms with Gasteiger partial charge in [0.05, 0.1) is 6.61 Å². The predicted molar refractivity (Wildman–Crippen MR) is 56.9 cm³/mol. The van der Waals surface area contributed by atoms with Crippen molar-refractivity contribution in [2.45, 2.75) is 6.92 Å². The summed E-state index contributed by atoms with van der Waals surface area (Å²) in [7, 11) is 3.61. The number of likely N-dealkylation sites (N-methyl/N-ethyl adjacent to an activating group) is 1. The van der Waals surface area contributed by atoms with Gasteiger partial charge in [0.25, 0.3) is 0 Å². The van der Waals surface area contributed by atoms with Gasteiger partial charge in [0, 0.05) is 26.8 Å². The molecule has 0 radical (unpaired) electrons. The Hall–Kier alpha value is -0.870. The number of rotatable bonds is 4. The van der Waals surface area contributed by atoms with Crippen LogP contribution in [0.3, 0.4) is 0 Å². The molecule has 0 aliphatic rings. The SMILES string of the molecule is COCCN(C)c1cc(Cl)nc(C)n1. The minimum absolute atomic E-state index is 0.469. The van der Waals surface area contributed by atoms with Crippen LogP contribution in [0.25, 0.3) is 0 Å². The number of aryl methyl sites for hydroxylation is 1. The van der Waals surface area contributed by atoms with Crippen LogP contribution in [0.5, 0.6) is 0 Å². The number of ether oxygens (including phenoxy) is 1. The lowest BCUT2D eigenvalue weighted by Crippen LogP contribution is -2.23. The monoisotopic (exact) mass is 215 g/mol. The fourth-order valence-corrected chi connectivity index (χ4v) is 1.27. The van der Waals surface area contributed by atoms with Crippen molar-refractivity contribution in [2.75, 3.05) is 32.2 Å². The van der Waals surface area contributed by atoms with Gasteiger partial charge >= 0.3 is 0 Å². The number of hydrogen-bond donors (Lipinski definition) is 0. The van der Waals surface area contributed by atoms with Gasteiger partial charge in [0.15, 0.2) is 0 Å². The summed E-state index contributed by atoms with van der Waals surface area (Å²) in [5.41, 5.74) is 0. The Morgan fingerprint density at radius 3 is 2.79 bits per heavy atom.